The smallest absolute Gasteiger partial charge is 0.341 e. The molecule has 0 heterocycles. The third kappa shape index (κ3) is 3.67. The average molecular weight is 330 g/mol. The van der Waals surface area contributed by atoms with Crippen LogP contribution in [0.15, 0.2) is 42.5 Å². The van der Waals surface area contributed by atoms with E-state index in [2.05, 4.69) is 10.1 Å². The van der Waals surface area contributed by atoms with Crippen LogP contribution in [0.5, 0.6) is 11.5 Å². The van der Waals surface area contributed by atoms with Gasteiger partial charge in [-0.2, -0.15) is 0 Å². The van der Waals surface area contributed by atoms with Gasteiger partial charge in [-0.25, -0.2) is 4.79 Å². The molecule has 8 heteroatoms. The van der Waals surface area contributed by atoms with Gasteiger partial charge < -0.3 is 14.8 Å². The van der Waals surface area contributed by atoms with E-state index in [1.807, 2.05) is 0 Å². The highest BCUT2D eigenvalue weighted by atomic mass is 16.6. The predicted molar refractivity (Wildman–Crippen MR) is 84.3 cm³/mol. The van der Waals surface area contributed by atoms with Crippen molar-refractivity contribution in [3.05, 3.63) is 63.7 Å². The lowest BCUT2D eigenvalue weighted by Crippen LogP contribution is -2.17. The molecule has 0 atom stereocenters. The van der Waals surface area contributed by atoms with Gasteiger partial charge in [0.2, 0.25) is 0 Å². The molecule has 0 unspecified atom stereocenters. The molecule has 0 aliphatic rings. The zero-order valence-corrected chi connectivity index (χ0v) is 12.9. The molecule has 2 aromatic carbocycles. The molecule has 0 radical (unpaired) electrons. The first-order valence-corrected chi connectivity index (χ1v) is 6.83. The highest BCUT2D eigenvalue weighted by Crippen LogP contribution is 2.29. The summed E-state index contributed by atoms with van der Waals surface area (Å²) >= 11 is 0. The molecule has 8 nitrogen and oxygen atoms in total. The number of rotatable bonds is 5. The molecule has 2 rings (SSSR count). The number of ether oxygens (including phenoxy) is 2. The number of nitrogens with one attached hydrogen (secondary N) is 1. The Hall–Kier alpha value is -3.42. The van der Waals surface area contributed by atoms with Crippen molar-refractivity contribution in [1.29, 1.82) is 0 Å². The Morgan fingerprint density at radius 2 is 1.92 bits per heavy atom. The first-order chi connectivity index (χ1) is 11.5. The number of hydrogen-bond donors (Lipinski definition) is 1. The summed E-state index contributed by atoms with van der Waals surface area (Å²) in [6.07, 6.45) is 0. The summed E-state index contributed by atoms with van der Waals surface area (Å²) in [6.45, 7) is 0. The number of benzene rings is 2. The standard InChI is InChI=1S/C16H14N2O6/c1-17-15(19)10-4-3-5-12(8-10)24-14-7-6-11(18(21)22)9-13(14)16(20)23-2/h3-9H,1-2H3,(H,17,19). The maximum atomic E-state index is 11.8. The fraction of sp³-hybridized carbons (Fsp3) is 0.125. The summed E-state index contributed by atoms with van der Waals surface area (Å²) in [5.74, 6) is -0.676. The summed E-state index contributed by atoms with van der Waals surface area (Å²) in [7, 11) is 2.67. The van der Waals surface area contributed by atoms with E-state index < -0.39 is 10.9 Å². The number of nitro groups is 1. The molecule has 1 amide bonds. The molecule has 2 aromatic rings. The van der Waals surface area contributed by atoms with Crippen molar-refractivity contribution in [2.75, 3.05) is 14.2 Å². The molecular weight excluding hydrogens is 316 g/mol. The molecule has 0 aliphatic carbocycles. The normalized spacial score (nSPS) is 9.92. The Morgan fingerprint density at radius 3 is 2.54 bits per heavy atom. The number of non-ortho nitro benzene ring substituents is 1. The van der Waals surface area contributed by atoms with Crippen LogP contribution in [-0.4, -0.2) is 31.0 Å². The van der Waals surface area contributed by atoms with E-state index in [0.717, 1.165) is 13.2 Å². The third-order valence-electron chi connectivity index (χ3n) is 3.13. The van der Waals surface area contributed by atoms with E-state index in [4.69, 9.17) is 4.74 Å². The molecule has 0 aliphatic heterocycles. The van der Waals surface area contributed by atoms with Gasteiger partial charge in [-0.05, 0) is 24.3 Å². The summed E-state index contributed by atoms with van der Waals surface area (Å²) in [5.41, 5.74) is 0.0236. The topological polar surface area (TPSA) is 108 Å². The molecule has 0 fully saturated rings. The molecule has 1 N–H and O–H groups in total. The Labute approximate surface area is 137 Å². The second-order valence-electron chi connectivity index (χ2n) is 4.64. The maximum absolute atomic E-state index is 11.8. The van der Waals surface area contributed by atoms with Crippen molar-refractivity contribution in [2.45, 2.75) is 0 Å². The van der Waals surface area contributed by atoms with Crippen molar-refractivity contribution in [2.24, 2.45) is 0 Å². The van der Waals surface area contributed by atoms with Gasteiger partial charge in [-0.3, -0.25) is 14.9 Å². The highest BCUT2D eigenvalue weighted by molar-refractivity contribution is 5.95. The number of esters is 1. The van der Waals surface area contributed by atoms with Crippen LogP contribution in [0.2, 0.25) is 0 Å². The molecule has 24 heavy (non-hydrogen) atoms. The van der Waals surface area contributed by atoms with Crippen molar-refractivity contribution in [1.82, 2.24) is 5.32 Å². The van der Waals surface area contributed by atoms with Crippen LogP contribution in [0.25, 0.3) is 0 Å². The lowest BCUT2D eigenvalue weighted by molar-refractivity contribution is -0.384. The second kappa shape index (κ2) is 7.23. The SMILES string of the molecule is CNC(=O)c1cccc(Oc2ccc([N+](=O)[O-])cc2C(=O)OC)c1. The Balaban J connectivity index is 2.40. The van der Waals surface area contributed by atoms with E-state index in [9.17, 15) is 19.7 Å². The number of nitro benzene ring substituents is 1. The zero-order valence-electron chi connectivity index (χ0n) is 12.9. The second-order valence-corrected chi connectivity index (χ2v) is 4.64. The Kier molecular flexibility index (Phi) is 5.10. The lowest BCUT2D eigenvalue weighted by Gasteiger charge is -2.10. The van der Waals surface area contributed by atoms with Crippen LogP contribution in [0.3, 0.4) is 0 Å². The third-order valence-corrected chi connectivity index (χ3v) is 3.13. The minimum atomic E-state index is -0.767. The summed E-state index contributed by atoms with van der Waals surface area (Å²) < 4.78 is 10.2. The zero-order chi connectivity index (χ0) is 17.7. The largest absolute Gasteiger partial charge is 0.465 e. The highest BCUT2D eigenvalue weighted by Gasteiger charge is 2.19. The van der Waals surface area contributed by atoms with Crippen LogP contribution in [-0.2, 0) is 4.74 Å². The van der Waals surface area contributed by atoms with Gasteiger partial charge in [0.05, 0.1) is 12.0 Å². The van der Waals surface area contributed by atoms with Crippen LogP contribution >= 0.6 is 0 Å². The van der Waals surface area contributed by atoms with Gasteiger partial charge in [0, 0.05) is 24.7 Å². The first kappa shape index (κ1) is 16.9. The Bertz CT molecular complexity index is 803. The van der Waals surface area contributed by atoms with E-state index in [-0.39, 0.29) is 22.9 Å². The number of methoxy groups -OCH3 is 1. The van der Waals surface area contributed by atoms with Gasteiger partial charge in [-0.1, -0.05) is 6.07 Å². The Morgan fingerprint density at radius 1 is 1.17 bits per heavy atom. The minimum Gasteiger partial charge on any atom is -0.465 e. The van der Waals surface area contributed by atoms with Gasteiger partial charge in [-0.15, -0.1) is 0 Å². The van der Waals surface area contributed by atoms with E-state index in [1.54, 1.807) is 18.2 Å². The maximum Gasteiger partial charge on any atom is 0.341 e. The molecule has 124 valence electrons. The molecule has 0 saturated heterocycles. The summed E-state index contributed by atoms with van der Waals surface area (Å²) in [4.78, 5) is 33.7. The number of carbonyl (C=O) groups excluding carboxylic acids is 2. The molecule has 0 spiro atoms. The van der Waals surface area contributed by atoms with Gasteiger partial charge in [0.15, 0.2) is 0 Å². The average Bonchev–Trinajstić information content (AvgIpc) is 2.60. The van der Waals surface area contributed by atoms with Gasteiger partial charge in [0.1, 0.15) is 17.1 Å². The van der Waals surface area contributed by atoms with Crippen LogP contribution in [0.1, 0.15) is 20.7 Å². The number of carbonyl (C=O) groups is 2. The molecule has 0 bridgehead atoms. The van der Waals surface area contributed by atoms with Crippen molar-refractivity contribution >= 4 is 17.6 Å². The van der Waals surface area contributed by atoms with Crippen LogP contribution in [0.4, 0.5) is 5.69 Å². The van der Waals surface area contributed by atoms with Crippen molar-refractivity contribution < 1.29 is 24.0 Å². The quantitative estimate of drug-likeness (QED) is 0.513. The predicted octanol–water partition coefficient (Wildman–Crippen LogP) is 2.53. The van der Waals surface area contributed by atoms with E-state index >= 15 is 0 Å². The monoisotopic (exact) mass is 330 g/mol. The number of nitrogens with zero attached hydrogens (tertiary/aromatic N) is 1. The first-order valence-electron chi connectivity index (χ1n) is 6.83. The lowest BCUT2D eigenvalue weighted by atomic mass is 10.1. The van der Waals surface area contributed by atoms with E-state index in [0.29, 0.717) is 11.3 Å². The molecule has 0 aromatic heterocycles. The summed E-state index contributed by atoms with van der Waals surface area (Å²) in [5, 5.41) is 13.3. The number of amides is 1. The van der Waals surface area contributed by atoms with Crippen molar-refractivity contribution in [3.8, 4) is 11.5 Å². The van der Waals surface area contributed by atoms with Gasteiger partial charge in [0.25, 0.3) is 11.6 Å². The number of hydrogen-bond acceptors (Lipinski definition) is 6. The van der Waals surface area contributed by atoms with Crippen LogP contribution in [0, 0.1) is 10.1 Å². The fourth-order valence-electron chi connectivity index (χ4n) is 1.96. The van der Waals surface area contributed by atoms with Crippen LogP contribution < -0.4 is 10.1 Å². The van der Waals surface area contributed by atoms with Gasteiger partial charge >= 0.3 is 5.97 Å². The van der Waals surface area contributed by atoms with E-state index in [1.165, 1.54) is 25.2 Å². The summed E-state index contributed by atoms with van der Waals surface area (Å²) in [6, 6.07) is 9.88. The minimum absolute atomic E-state index is 0.0847. The fourth-order valence-corrected chi connectivity index (χ4v) is 1.96. The molecule has 0 saturated carbocycles. The van der Waals surface area contributed by atoms with Crippen molar-refractivity contribution in [3.63, 3.8) is 0 Å². The molecular formula is C16H14N2O6.